The highest BCUT2D eigenvalue weighted by Gasteiger charge is 2.20. The van der Waals surface area contributed by atoms with Crippen molar-refractivity contribution in [2.45, 2.75) is 18.9 Å². The first-order valence-electron chi connectivity index (χ1n) is 6.53. The molecule has 0 spiro atoms. The van der Waals surface area contributed by atoms with E-state index in [9.17, 15) is 4.79 Å². The van der Waals surface area contributed by atoms with Crippen LogP contribution in [0.25, 0.3) is 0 Å². The molecule has 2 rings (SSSR count). The summed E-state index contributed by atoms with van der Waals surface area (Å²) >= 11 is 12.1. The minimum absolute atomic E-state index is 0.147. The first-order chi connectivity index (χ1) is 9.51. The van der Waals surface area contributed by atoms with E-state index in [1.807, 2.05) is 0 Å². The molecular formula is C14H18Cl2N2O2. The molecule has 0 aliphatic carbocycles. The van der Waals surface area contributed by atoms with Crippen LogP contribution in [0.5, 0.6) is 5.75 Å². The Morgan fingerprint density at radius 3 is 2.35 bits per heavy atom. The van der Waals surface area contributed by atoms with Gasteiger partial charge in [0.05, 0.1) is 17.2 Å². The normalized spacial score (nSPS) is 17.0. The topological polar surface area (TPSA) is 41.6 Å². The molecule has 1 aliphatic heterocycles. The van der Waals surface area contributed by atoms with Gasteiger partial charge in [-0.1, -0.05) is 23.2 Å². The zero-order valence-electron chi connectivity index (χ0n) is 11.6. The Labute approximate surface area is 129 Å². The molecule has 1 fully saturated rings. The highest BCUT2D eigenvalue weighted by Crippen LogP contribution is 2.33. The Bertz CT molecular complexity index is 477. The van der Waals surface area contributed by atoms with E-state index in [4.69, 9.17) is 27.9 Å². The molecule has 0 aromatic heterocycles. The predicted molar refractivity (Wildman–Crippen MR) is 81.0 cm³/mol. The van der Waals surface area contributed by atoms with E-state index in [2.05, 4.69) is 17.3 Å². The number of hydrogen-bond donors (Lipinski definition) is 1. The summed E-state index contributed by atoms with van der Waals surface area (Å²) in [5.74, 6) is 0.246. The fourth-order valence-corrected chi connectivity index (χ4v) is 2.95. The number of amides is 1. The molecule has 1 aromatic rings. The molecule has 6 heteroatoms. The van der Waals surface area contributed by atoms with Crippen LogP contribution in [0.3, 0.4) is 0 Å². The molecule has 1 N–H and O–H groups in total. The van der Waals surface area contributed by atoms with Crippen molar-refractivity contribution in [2.75, 3.05) is 27.2 Å². The summed E-state index contributed by atoms with van der Waals surface area (Å²) < 4.78 is 5.07. The van der Waals surface area contributed by atoms with Crippen molar-refractivity contribution < 1.29 is 9.53 Å². The Morgan fingerprint density at radius 1 is 1.30 bits per heavy atom. The number of carbonyl (C=O) groups excluding carboxylic acids is 1. The van der Waals surface area contributed by atoms with Crippen LogP contribution >= 0.6 is 23.2 Å². The van der Waals surface area contributed by atoms with Crippen LogP contribution in [0.15, 0.2) is 12.1 Å². The number of methoxy groups -OCH3 is 1. The van der Waals surface area contributed by atoms with Gasteiger partial charge in [-0.05, 0) is 45.1 Å². The second-order valence-electron chi connectivity index (χ2n) is 5.02. The third kappa shape index (κ3) is 3.57. The molecule has 1 heterocycles. The summed E-state index contributed by atoms with van der Waals surface area (Å²) in [5.41, 5.74) is 0.458. The van der Waals surface area contributed by atoms with Crippen LogP contribution in [0.4, 0.5) is 0 Å². The van der Waals surface area contributed by atoms with Crippen molar-refractivity contribution in [2.24, 2.45) is 0 Å². The summed E-state index contributed by atoms with van der Waals surface area (Å²) in [6, 6.07) is 3.37. The van der Waals surface area contributed by atoms with Gasteiger partial charge in [0.15, 0.2) is 5.75 Å². The van der Waals surface area contributed by atoms with E-state index in [0.29, 0.717) is 21.4 Å². The van der Waals surface area contributed by atoms with Crippen molar-refractivity contribution in [3.05, 3.63) is 27.7 Å². The molecule has 0 unspecified atom stereocenters. The van der Waals surface area contributed by atoms with Crippen molar-refractivity contribution >= 4 is 29.1 Å². The maximum Gasteiger partial charge on any atom is 0.251 e. The molecule has 1 saturated heterocycles. The van der Waals surface area contributed by atoms with E-state index in [1.165, 1.54) is 7.11 Å². The largest absolute Gasteiger partial charge is 0.494 e. The number of rotatable bonds is 3. The lowest BCUT2D eigenvalue weighted by Crippen LogP contribution is -2.43. The van der Waals surface area contributed by atoms with Gasteiger partial charge >= 0.3 is 0 Å². The van der Waals surface area contributed by atoms with Crippen molar-refractivity contribution in [3.8, 4) is 5.75 Å². The number of hydrogen-bond acceptors (Lipinski definition) is 3. The molecule has 20 heavy (non-hydrogen) atoms. The van der Waals surface area contributed by atoms with Gasteiger partial charge < -0.3 is 15.0 Å². The van der Waals surface area contributed by atoms with Crippen molar-refractivity contribution in [3.63, 3.8) is 0 Å². The van der Waals surface area contributed by atoms with Gasteiger partial charge in [-0.15, -0.1) is 0 Å². The summed E-state index contributed by atoms with van der Waals surface area (Å²) in [6.07, 6.45) is 1.92. The Morgan fingerprint density at radius 2 is 1.85 bits per heavy atom. The number of halogens is 2. The monoisotopic (exact) mass is 316 g/mol. The molecule has 110 valence electrons. The predicted octanol–water partition coefficient (Wildman–Crippen LogP) is 2.83. The van der Waals surface area contributed by atoms with Crippen LogP contribution in [-0.4, -0.2) is 44.1 Å². The first-order valence-corrected chi connectivity index (χ1v) is 7.29. The maximum atomic E-state index is 12.2. The van der Waals surface area contributed by atoms with Gasteiger partial charge in [-0.3, -0.25) is 4.79 Å². The number of likely N-dealkylation sites (tertiary alicyclic amines) is 1. The fraction of sp³-hybridized carbons (Fsp3) is 0.500. The van der Waals surface area contributed by atoms with Crippen molar-refractivity contribution in [1.29, 1.82) is 0 Å². The lowest BCUT2D eigenvalue weighted by atomic mass is 10.0. The van der Waals surface area contributed by atoms with Gasteiger partial charge in [-0.2, -0.15) is 0 Å². The van der Waals surface area contributed by atoms with Crippen LogP contribution in [0, 0.1) is 0 Å². The third-order valence-electron chi connectivity index (χ3n) is 3.52. The number of nitrogens with one attached hydrogen (secondary N) is 1. The average Bonchev–Trinajstić information content (AvgIpc) is 2.41. The van der Waals surface area contributed by atoms with E-state index in [0.717, 1.165) is 25.9 Å². The number of nitrogens with zero attached hydrogens (tertiary/aromatic N) is 1. The number of ether oxygens (including phenoxy) is 1. The second kappa shape index (κ2) is 6.66. The quantitative estimate of drug-likeness (QED) is 0.932. The third-order valence-corrected chi connectivity index (χ3v) is 4.08. The Hall–Kier alpha value is -0.970. The van der Waals surface area contributed by atoms with Crippen LogP contribution in [-0.2, 0) is 0 Å². The van der Waals surface area contributed by atoms with Gasteiger partial charge in [0.25, 0.3) is 5.91 Å². The van der Waals surface area contributed by atoms with Gasteiger partial charge in [0.1, 0.15) is 0 Å². The Kier molecular flexibility index (Phi) is 5.13. The van der Waals surface area contributed by atoms with E-state index >= 15 is 0 Å². The minimum Gasteiger partial charge on any atom is -0.494 e. The molecule has 0 atom stereocenters. The number of piperidine rings is 1. The lowest BCUT2D eigenvalue weighted by Gasteiger charge is -2.29. The van der Waals surface area contributed by atoms with Crippen LogP contribution < -0.4 is 10.1 Å². The summed E-state index contributed by atoms with van der Waals surface area (Å²) in [7, 11) is 3.58. The molecule has 4 nitrogen and oxygen atoms in total. The van der Waals surface area contributed by atoms with Gasteiger partial charge in [0, 0.05) is 11.6 Å². The highest BCUT2D eigenvalue weighted by atomic mass is 35.5. The molecule has 1 amide bonds. The highest BCUT2D eigenvalue weighted by molar-refractivity contribution is 6.37. The summed E-state index contributed by atoms with van der Waals surface area (Å²) in [5, 5.41) is 3.71. The second-order valence-corrected chi connectivity index (χ2v) is 5.84. The van der Waals surface area contributed by atoms with Gasteiger partial charge in [0.2, 0.25) is 0 Å². The maximum absolute atomic E-state index is 12.2. The minimum atomic E-state index is -0.147. The SMILES string of the molecule is COc1c(Cl)cc(C(=O)NC2CCN(C)CC2)cc1Cl. The molecule has 0 saturated carbocycles. The first kappa shape index (κ1) is 15.4. The molecule has 1 aliphatic rings. The van der Waals surface area contributed by atoms with E-state index < -0.39 is 0 Å². The zero-order chi connectivity index (χ0) is 14.7. The van der Waals surface area contributed by atoms with Gasteiger partial charge in [-0.25, -0.2) is 0 Å². The standard InChI is InChI=1S/C14H18Cl2N2O2/c1-18-5-3-10(4-6-18)17-14(19)9-7-11(15)13(20-2)12(16)8-9/h7-8,10H,3-6H2,1-2H3,(H,17,19). The van der Waals surface area contributed by atoms with Crippen LogP contribution in [0.1, 0.15) is 23.2 Å². The summed E-state index contributed by atoms with van der Waals surface area (Å²) in [6.45, 7) is 1.99. The summed E-state index contributed by atoms with van der Waals surface area (Å²) in [4.78, 5) is 14.5. The number of carbonyl (C=O) groups is 1. The number of benzene rings is 1. The zero-order valence-corrected chi connectivity index (χ0v) is 13.1. The van der Waals surface area contributed by atoms with E-state index in [1.54, 1.807) is 12.1 Å². The molecular weight excluding hydrogens is 299 g/mol. The fourth-order valence-electron chi connectivity index (χ4n) is 2.31. The Balaban J connectivity index is 2.06. The van der Waals surface area contributed by atoms with Crippen LogP contribution in [0.2, 0.25) is 10.0 Å². The molecule has 1 aromatic carbocycles. The molecule has 0 bridgehead atoms. The smallest absolute Gasteiger partial charge is 0.251 e. The average molecular weight is 317 g/mol. The lowest BCUT2D eigenvalue weighted by molar-refractivity contribution is 0.0917. The van der Waals surface area contributed by atoms with Crippen molar-refractivity contribution in [1.82, 2.24) is 10.2 Å². The van der Waals surface area contributed by atoms with E-state index in [-0.39, 0.29) is 11.9 Å². The molecule has 0 radical (unpaired) electrons.